The van der Waals surface area contributed by atoms with Crippen molar-refractivity contribution in [2.75, 3.05) is 5.75 Å². The second-order valence-corrected chi connectivity index (χ2v) is 6.54. The second kappa shape index (κ2) is 7.30. The zero-order valence-corrected chi connectivity index (χ0v) is 12.1. The lowest BCUT2D eigenvalue weighted by Gasteiger charge is -2.01. The van der Waals surface area contributed by atoms with Crippen LogP contribution >= 0.6 is 23.1 Å². The molecule has 92 valence electrons. The standard InChI is InChI=1S/C12H22N2S2/c1-4-5-10-11(6-13)16-12(14-10)8-15-7-9(2)3/h9H,4-8,13H2,1-3H3. The molecule has 0 aliphatic heterocycles. The van der Waals surface area contributed by atoms with Crippen LogP contribution in [0.4, 0.5) is 0 Å². The number of thioether (sulfide) groups is 1. The Morgan fingerprint density at radius 2 is 2.19 bits per heavy atom. The Morgan fingerprint density at radius 3 is 2.75 bits per heavy atom. The second-order valence-electron chi connectivity index (χ2n) is 4.34. The molecule has 0 aliphatic rings. The number of thiazole rings is 1. The number of hydrogen-bond acceptors (Lipinski definition) is 4. The smallest absolute Gasteiger partial charge is 0.103 e. The predicted octanol–water partition coefficient (Wildman–Crippen LogP) is 3.44. The van der Waals surface area contributed by atoms with Gasteiger partial charge >= 0.3 is 0 Å². The van der Waals surface area contributed by atoms with E-state index in [1.165, 1.54) is 21.3 Å². The highest BCUT2D eigenvalue weighted by Crippen LogP contribution is 2.24. The summed E-state index contributed by atoms with van der Waals surface area (Å²) in [6, 6.07) is 0. The van der Waals surface area contributed by atoms with Gasteiger partial charge in [-0.25, -0.2) is 4.98 Å². The third-order valence-electron chi connectivity index (χ3n) is 2.17. The van der Waals surface area contributed by atoms with Crippen molar-refractivity contribution in [1.82, 2.24) is 4.98 Å². The van der Waals surface area contributed by atoms with Gasteiger partial charge in [0.15, 0.2) is 0 Å². The number of nitrogens with two attached hydrogens (primary N) is 1. The minimum atomic E-state index is 0.641. The zero-order valence-electron chi connectivity index (χ0n) is 10.5. The average Bonchev–Trinajstić information content (AvgIpc) is 2.61. The molecule has 1 aromatic heterocycles. The van der Waals surface area contributed by atoms with E-state index in [0.717, 1.165) is 24.5 Å². The molecule has 2 N–H and O–H groups in total. The molecule has 0 atom stereocenters. The summed E-state index contributed by atoms with van der Waals surface area (Å²) in [5.41, 5.74) is 6.97. The summed E-state index contributed by atoms with van der Waals surface area (Å²) in [6.45, 7) is 7.33. The first kappa shape index (κ1) is 14.0. The Bertz CT molecular complexity index is 308. The van der Waals surface area contributed by atoms with Gasteiger partial charge in [-0.3, -0.25) is 0 Å². The first-order valence-corrected chi connectivity index (χ1v) is 7.89. The predicted molar refractivity (Wildman–Crippen MR) is 75.0 cm³/mol. The van der Waals surface area contributed by atoms with Crippen LogP contribution in [0.5, 0.6) is 0 Å². The molecule has 1 aromatic rings. The van der Waals surface area contributed by atoms with Gasteiger partial charge < -0.3 is 5.73 Å². The third-order valence-corrected chi connectivity index (χ3v) is 4.85. The van der Waals surface area contributed by atoms with Crippen LogP contribution in [0.3, 0.4) is 0 Å². The first-order valence-electron chi connectivity index (χ1n) is 5.92. The maximum atomic E-state index is 5.73. The maximum absolute atomic E-state index is 5.73. The lowest BCUT2D eigenvalue weighted by molar-refractivity contribution is 0.750. The Kier molecular flexibility index (Phi) is 6.39. The summed E-state index contributed by atoms with van der Waals surface area (Å²) < 4.78 is 0. The van der Waals surface area contributed by atoms with Gasteiger partial charge in [0.2, 0.25) is 0 Å². The van der Waals surface area contributed by atoms with E-state index in [4.69, 9.17) is 5.73 Å². The Hall–Kier alpha value is -0.0600. The van der Waals surface area contributed by atoms with Crippen LogP contribution in [-0.2, 0) is 18.7 Å². The summed E-state index contributed by atoms with van der Waals surface area (Å²) in [6.07, 6.45) is 2.22. The fourth-order valence-electron chi connectivity index (χ4n) is 1.47. The van der Waals surface area contributed by atoms with Crippen LogP contribution in [-0.4, -0.2) is 10.7 Å². The van der Waals surface area contributed by atoms with Crippen molar-refractivity contribution in [2.24, 2.45) is 11.7 Å². The van der Waals surface area contributed by atoms with Gasteiger partial charge in [0.1, 0.15) is 5.01 Å². The quantitative estimate of drug-likeness (QED) is 0.814. The van der Waals surface area contributed by atoms with Crippen molar-refractivity contribution < 1.29 is 0 Å². The summed E-state index contributed by atoms with van der Waals surface area (Å²) >= 11 is 3.77. The molecule has 0 unspecified atom stereocenters. The van der Waals surface area contributed by atoms with E-state index in [1.807, 2.05) is 11.8 Å². The SMILES string of the molecule is CCCc1nc(CSCC(C)C)sc1CN. The summed E-state index contributed by atoms with van der Waals surface area (Å²) in [7, 11) is 0. The van der Waals surface area contributed by atoms with Gasteiger partial charge in [-0.05, 0) is 18.1 Å². The molecule has 0 fully saturated rings. The molecule has 1 rings (SSSR count). The number of aromatic nitrogens is 1. The molecule has 0 radical (unpaired) electrons. The van der Waals surface area contributed by atoms with Gasteiger partial charge in [-0.1, -0.05) is 27.2 Å². The molecule has 0 saturated carbocycles. The molecular formula is C12H22N2S2. The van der Waals surface area contributed by atoms with E-state index in [-0.39, 0.29) is 0 Å². The minimum Gasteiger partial charge on any atom is -0.326 e. The van der Waals surface area contributed by atoms with Crippen molar-refractivity contribution in [3.63, 3.8) is 0 Å². The average molecular weight is 258 g/mol. The largest absolute Gasteiger partial charge is 0.326 e. The molecule has 0 aliphatic carbocycles. The number of rotatable bonds is 7. The van der Waals surface area contributed by atoms with E-state index < -0.39 is 0 Å². The van der Waals surface area contributed by atoms with Crippen molar-refractivity contribution in [3.8, 4) is 0 Å². The van der Waals surface area contributed by atoms with E-state index in [2.05, 4.69) is 25.8 Å². The Morgan fingerprint density at radius 1 is 1.44 bits per heavy atom. The fraction of sp³-hybridized carbons (Fsp3) is 0.750. The van der Waals surface area contributed by atoms with Crippen molar-refractivity contribution in [1.29, 1.82) is 0 Å². The number of aryl methyl sites for hydroxylation is 1. The van der Waals surface area contributed by atoms with Gasteiger partial charge in [-0.2, -0.15) is 11.8 Å². The van der Waals surface area contributed by atoms with Crippen LogP contribution < -0.4 is 5.73 Å². The fourth-order valence-corrected chi connectivity index (χ4v) is 3.58. The molecule has 0 bridgehead atoms. The van der Waals surface area contributed by atoms with Crippen LogP contribution in [0.2, 0.25) is 0 Å². The highest BCUT2D eigenvalue weighted by atomic mass is 32.2. The zero-order chi connectivity index (χ0) is 12.0. The van der Waals surface area contributed by atoms with Gasteiger partial charge in [0, 0.05) is 17.2 Å². The Balaban J connectivity index is 2.53. The molecule has 16 heavy (non-hydrogen) atoms. The van der Waals surface area contributed by atoms with Crippen LogP contribution in [0.1, 0.15) is 42.8 Å². The van der Waals surface area contributed by atoms with Gasteiger partial charge in [-0.15, -0.1) is 11.3 Å². The molecule has 0 spiro atoms. The van der Waals surface area contributed by atoms with E-state index in [9.17, 15) is 0 Å². The van der Waals surface area contributed by atoms with Crippen LogP contribution in [0.25, 0.3) is 0 Å². The number of nitrogens with zero attached hydrogens (tertiary/aromatic N) is 1. The van der Waals surface area contributed by atoms with Crippen molar-refractivity contribution in [2.45, 2.75) is 45.9 Å². The first-order chi connectivity index (χ1) is 7.67. The van der Waals surface area contributed by atoms with Crippen molar-refractivity contribution >= 4 is 23.1 Å². The highest BCUT2D eigenvalue weighted by Gasteiger charge is 2.09. The molecule has 0 aromatic carbocycles. The summed E-state index contributed by atoms with van der Waals surface area (Å²) in [5.74, 6) is 3.01. The highest BCUT2D eigenvalue weighted by molar-refractivity contribution is 7.98. The van der Waals surface area contributed by atoms with Crippen LogP contribution in [0.15, 0.2) is 0 Å². The van der Waals surface area contributed by atoms with Crippen LogP contribution in [0, 0.1) is 5.92 Å². The lowest BCUT2D eigenvalue weighted by atomic mass is 10.2. The summed E-state index contributed by atoms with van der Waals surface area (Å²) in [4.78, 5) is 5.96. The molecule has 1 heterocycles. The maximum Gasteiger partial charge on any atom is 0.103 e. The Labute approximate surface area is 107 Å². The lowest BCUT2D eigenvalue weighted by Crippen LogP contribution is -1.98. The molecule has 2 nitrogen and oxygen atoms in total. The van der Waals surface area contributed by atoms with E-state index in [1.54, 1.807) is 11.3 Å². The normalized spacial score (nSPS) is 11.3. The third kappa shape index (κ3) is 4.44. The van der Waals surface area contributed by atoms with E-state index in [0.29, 0.717) is 6.54 Å². The van der Waals surface area contributed by atoms with Gasteiger partial charge in [0.05, 0.1) is 5.69 Å². The molecule has 0 amide bonds. The van der Waals surface area contributed by atoms with E-state index >= 15 is 0 Å². The number of hydrogen-bond donors (Lipinski definition) is 1. The minimum absolute atomic E-state index is 0.641. The molecular weight excluding hydrogens is 236 g/mol. The topological polar surface area (TPSA) is 38.9 Å². The summed E-state index contributed by atoms with van der Waals surface area (Å²) in [5, 5.41) is 1.24. The van der Waals surface area contributed by atoms with Gasteiger partial charge in [0.25, 0.3) is 0 Å². The monoisotopic (exact) mass is 258 g/mol. The van der Waals surface area contributed by atoms with Crippen molar-refractivity contribution in [3.05, 3.63) is 15.6 Å². The molecule has 4 heteroatoms. The molecule has 0 saturated heterocycles.